The van der Waals surface area contributed by atoms with Gasteiger partial charge in [0, 0.05) is 23.9 Å². The van der Waals surface area contributed by atoms with Gasteiger partial charge in [-0.2, -0.15) is 5.10 Å². The van der Waals surface area contributed by atoms with E-state index in [1.54, 1.807) is 10.9 Å². The molecule has 0 atom stereocenters. The van der Waals surface area contributed by atoms with Crippen molar-refractivity contribution in [3.63, 3.8) is 0 Å². The second-order valence-corrected chi connectivity index (χ2v) is 6.77. The molecule has 1 N–H and O–H groups in total. The lowest BCUT2D eigenvalue weighted by molar-refractivity contribution is -0.384. The molecule has 3 aromatic rings. The minimum Gasteiger partial charge on any atom is -0.379 e. The van der Waals surface area contributed by atoms with E-state index in [1.165, 1.54) is 0 Å². The van der Waals surface area contributed by atoms with Crippen molar-refractivity contribution >= 4 is 16.6 Å². The van der Waals surface area contributed by atoms with Crippen molar-refractivity contribution in [3.05, 3.63) is 46.8 Å². The summed E-state index contributed by atoms with van der Waals surface area (Å²) in [6, 6.07) is 7.93. The van der Waals surface area contributed by atoms with Crippen molar-refractivity contribution in [2.75, 3.05) is 6.61 Å². The topological polar surface area (TPSA) is 86.0 Å². The lowest BCUT2D eigenvalue weighted by Crippen LogP contribution is -2.24. The summed E-state index contributed by atoms with van der Waals surface area (Å²) in [5.41, 5.74) is 2.19. The van der Waals surface area contributed by atoms with E-state index in [0.29, 0.717) is 11.8 Å². The van der Waals surface area contributed by atoms with Gasteiger partial charge in [0.1, 0.15) is 6.20 Å². The summed E-state index contributed by atoms with van der Waals surface area (Å²) in [6.45, 7) is 2.74. The van der Waals surface area contributed by atoms with E-state index in [9.17, 15) is 10.1 Å². The van der Waals surface area contributed by atoms with Gasteiger partial charge in [-0.15, -0.1) is 0 Å². The number of benzene rings is 1. The smallest absolute Gasteiger partial charge is 0.314 e. The third-order valence-corrected chi connectivity index (χ3v) is 5.16. The van der Waals surface area contributed by atoms with E-state index < -0.39 is 0 Å². The maximum absolute atomic E-state index is 11.6. The molecule has 7 nitrogen and oxygen atoms in total. The largest absolute Gasteiger partial charge is 0.379 e. The van der Waals surface area contributed by atoms with Gasteiger partial charge in [-0.05, 0) is 50.1 Å². The summed E-state index contributed by atoms with van der Waals surface area (Å²) >= 11 is 0. The number of nitrogens with zero attached hydrogens (tertiary/aromatic N) is 3. The quantitative estimate of drug-likeness (QED) is 0.541. The highest BCUT2D eigenvalue weighted by molar-refractivity contribution is 5.85. The van der Waals surface area contributed by atoms with Crippen LogP contribution in [0.4, 0.5) is 5.69 Å². The second-order valence-electron chi connectivity index (χ2n) is 6.77. The molecule has 0 amide bonds. The van der Waals surface area contributed by atoms with Crippen LogP contribution in [0.25, 0.3) is 22.2 Å². The number of nitrogens with one attached hydrogen (secondary N) is 1. The van der Waals surface area contributed by atoms with Gasteiger partial charge in [0.25, 0.3) is 0 Å². The monoisotopic (exact) mass is 354 g/mol. The molecule has 1 fully saturated rings. The molecule has 2 aromatic heterocycles. The van der Waals surface area contributed by atoms with Crippen molar-refractivity contribution < 1.29 is 9.66 Å². The van der Waals surface area contributed by atoms with E-state index in [0.717, 1.165) is 48.8 Å². The first kappa shape index (κ1) is 16.8. The van der Waals surface area contributed by atoms with E-state index >= 15 is 0 Å². The van der Waals surface area contributed by atoms with Crippen LogP contribution in [0.15, 0.2) is 36.7 Å². The first-order chi connectivity index (χ1) is 12.7. The van der Waals surface area contributed by atoms with E-state index in [1.807, 2.05) is 37.4 Å². The third kappa shape index (κ3) is 3.10. The number of rotatable bonds is 5. The third-order valence-electron chi connectivity index (χ3n) is 5.16. The predicted octanol–water partition coefficient (Wildman–Crippen LogP) is 4.46. The summed E-state index contributed by atoms with van der Waals surface area (Å²) in [7, 11) is 0. The van der Waals surface area contributed by atoms with Crippen LogP contribution in [0.1, 0.15) is 38.6 Å². The van der Waals surface area contributed by atoms with E-state index in [-0.39, 0.29) is 16.7 Å². The van der Waals surface area contributed by atoms with Crippen LogP contribution < -0.4 is 0 Å². The lowest BCUT2D eigenvalue weighted by Gasteiger charge is -2.28. The average Bonchev–Trinajstić information content (AvgIpc) is 3.29. The standard InChI is InChI=1S/C19H22N4O3/c1-2-26-16-7-5-15(6-8-16)22-12-18(23(24)25)19(21-22)14-4-3-13-9-10-20-17(13)11-14/h3-4,9-12,15-16,20H,2,5-8H2,1H3. The minimum atomic E-state index is -0.344. The summed E-state index contributed by atoms with van der Waals surface area (Å²) in [4.78, 5) is 14.4. The van der Waals surface area contributed by atoms with Crippen LogP contribution in [-0.4, -0.2) is 32.4 Å². The first-order valence-corrected chi connectivity index (χ1v) is 9.08. The number of aromatic nitrogens is 3. The number of nitro groups is 1. The van der Waals surface area contributed by atoms with Crippen LogP contribution in [0.2, 0.25) is 0 Å². The highest BCUT2D eigenvalue weighted by Crippen LogP contribution is 2.35. The molecule has 1 saturated carbocycles. The van der Waals surface area contributed by atoms with E-state index in [2.05, 4.69) is 10.1 Å². The predicted molar refractivity (Wildman–Crippen MR) is 99.1 cm³/mol. The van der Waals surface area contributed by atoms with Crippen LogP contribution in [-0.2, 0) is 4.74 Å². The Balaban J connectivity index is 1.64. The zero-order chi connectivity index (χ0) is 18.1. The highest BCUT2D eigenvalue weighted by Gasteiger charge is 2.27. The molecule has 0 unspecified atom stereocenters. The molecule has 1 aliphatic carbocycles. The molecule has 1 aromatic carbocycles. The van der Waals surface area contributed by atoms with Gasteiger partial charge in [-0.25, -0.2) is 0 Å². The number of hydrogen-bond acceptors (Lipinski definition) is 4. The number of H-pyrrole nitrogens is 1. The van der Waals surface area contributed by atoms with Crippen LogP contribution in [0.3, 0.4) is 0 Å². The fraction of sp³-hybridized carbons (Fsp3) is 0.421. The molecule has 0 bridgehead atoms. The van der Waals surface area contributed by atoms with Crippen molar-refractivity contribution in [1.82, 2.24) is 14.8 Å². The van der Waals surface area contributed by atoms with Crippen molar-refractivity contribution in [2.45, 2.75) is 44.8 Å². The van der Waals surface area contributed by atoms with Gasteiger partial charge in [-0.1, -0.05) is 12.1 Å². The van der Waals surface area contributed by atoms with Gasteiger partial charge in [-0.3, -0.25) is 14.8 Å². The molecule has 1 aliphatic rings. The SMILES string of the molecule is CCOC1CCC(n2cc([N+](=O)[O-])c(-c3ccc4cc[nH]c4c3)n2)CC1. The number of aromatic amines is 1. The molecule has 0 saturated heterocycles. The molecule has 136 valence electrons. The summed E-state index contributed by atoms with van der Waals surface area (Å²) < 4.78 is 7.48. The van der Waals surface area contributed by atoms with Crippen LogP contribution in [0.5, 0.6) is 0 Å². The highest BCUT2D eigenvalue weighted by atomic mass is 16.6. The Bertz CT molecular complexity index is 922. The Hall–Kier alpha value is -2.67. The van der Waals surface area contributed by atoms with Crippen molar-refractivity contribution in [1.29, 1.82) is 0 Å². The summed E-state index contributed by atoms with van der Waals surface area (Å²) in [5, 5.41) is 17.2. The molecule has 0 radical (unpaired) electrons. The molecular weight excluding hydrogens is 332 g/mol. The lowest BCUT2D eigenvalue weighted by atomic mass is 9.93. The van der Waals surface area contributed by atoms with Gasteiger partial charge in [0.2, 0.25) is 0 Å². The van der Waals surface area contributed by atoms with Gasteiger partial charge >= 0.3 is 5.69 Å². The summed E-state index contributed by atoms with van der Waals surface area (Å²) in [5.74, 6) is 0. The first-order valence-electron chi connectivity index (χ1n) is 9.08. The van der Waals surface area contributed by atoms with Gasteiger partial charge < -0.3 is 9.72 Å². The van der Waals surface area contributed by atoms with Gasteiger partial charge in [0.15, 0.2) is 5.69 Å². The summed E-state index contributed by atoms with van der Waals surface area (Å²) in [6.07, 6.45) is 7.54. The molecule has 2 heterocycles. The maximum Gasteiger partial charge on any atom is 0.314 e. The minimum absolute atomic E-state index is 0.0582. The molecule has 4 rings (SSSR count). The second kappa shape index (κ2) is 6.92. The number of hydrogen-bond donors (Lipinski definition) is 1. The van der Waals surface area contributed by atoms with Crippen LogP contribution >= 0.6 is 0 Å². The Morgan fingerprint density at radius 2 is 2.12 bits per heavy atom. The number of fused-ring (bicyclic) bond motifs is 1. The zero-order valence-electron chi connectivity index (χ0n) is 14.7. The zero-order valence-corrected chi connectivity index (χ0v) is 14.7. The molecule has 26 heavy (non-hydrogen) atoms. The molecule has 0 aliphatic heterocycles. The Morgan fingerprint density at radius 3 is 2.85 bits per heavy atom. The van der Waals surface area contributed by atoms with Crippen LogP contribution in [0, 0.1) is 10.1 Å². The molecule has 0 spiro atoms. The molecular formula is C19H22N4O3. The fourth-order valence-electron chi connectivity index (χ4n) is 3.82. The Morgan fingerprint density at radius 1 is 1.31 bits per heavy atom. The van der Waals surface area contributed by atoms with Gasteiger partial charge in [0.05, 0.1) is 17.1 Å². The molecule has 7 heteroatoms. The Kier molecular flexibility index (Phi) is 4.46. The Labute approximate surface area is 151 Å². The normalized spacial score (nSPS) is 20.5. The van der Waals surface area contributed by atoms with Crippen molar-refractivity contribution in [3.8, 4) is 11.3 Å². The number of ether oxygens (including phenoxy) is 1. The maximum atomic E-state index is 11.6. The average molecular weight is 354 g/mol. The fourth-order valence-corrected chi connectivity index (χ4v) is 3.82. The van der Waals surface area contributed by atoms with E-state index in [4.69, 9.17) is 4.74 Å². The van der Waals surface area contributed by atoms with Crippen molar-refractivity contribution in [2.24, 2.45) is 0 Å².